The minimum absolute atomic E-state index is 0. The van der Waals surface area contributed by atoms with Crippen LogP contribution in [0.1, 0.15) is 47.7 Å². The Labute approximate surface area is 138 Å². The normalized spacial score (nSPS) is 17.7. The molecule has 2 heterocycles. The van der Waals surface area contributed by atoms with E-state index in [9.17, 15) is 4.79 Å². The van der Waals surface area contributed by atoms with Gasteiger partial charge in [0, 0.05) is 18.2 Å². The number of amides is 1. The number of carbonyl (C=O) groups is 1. The number of ether oxygens (including phenoxy) is 1. The number of piperidine rings is 1. The monoisotopic (exact) mass is 324 g/mol. The summed E-state index contributed by atoms with van der Waals surface area (Å²) in [6.45, 7) is 6.32. The first kappa shape index (κ1) is 17.3. The van der Waals surface area contributed by atoms with Gasteiger partial charge in [-0.1, -0.05) is 13.0 Å². The van der Waals surface area contributed by atoms with Gasteiger partial charge in [0.05, 0.1) is 13.2 Å². The fourth-order valence-electron chi connectivity index (χ4n) is 3.28. The lowest BCUT2D eigenvalue weighted by molar-refractivity contribution is 0.0642. The first-order valence-corrected chi connectivity index (χ1v) is 8.01. The van der Waals surface area contributed by atoms with Crippen LogP contribution in [0, 0.1) is 0 Å². The second-order valence-corrected chi connectivity index (χ2v) is 5.96. The van der Waals surface area contributed by atoms with E-state index >= 15 is 0 Å². The molecule has 1 fully saturated rings. The lowest BCUT2D eigenvalue weighted by atomic mass is 10.0. The van der Waals surface area contributed by atoms with Gasteiger partial charge >= 0.3 is 0 Å². The molecule has 5 heteroatoms. The molecule has 22 heavy (non-hydrogen) atoms. The molecule has 0 atom stereocenters. The van der Waals surface area contributed by atoms with E-state index in [0.29, 0.717) is 19.3 Å². The Morgan fingerprint density at radius 3 is 2.73 bits per heavy atom. The first-order chi connectivity index (χ1) is 10.3. The van der Waals surface area contributed by atoms with Crippen LogP contribution in [-0.4, -0.2) is 36.5 Å². The lowest BCUT2D eigenvalue weighted by Crippen LogP contribution is -2.46. The fraction of sp³-hybridized carbons (Fsp3) is 0.588. The van der Waals surface area contributed by atoms with Crippen molar-refractivity contribution in [1.82, 2.24) is 10.2 Å². The van der Waals surface area contributed by atoms with Gasteiger partial charge in [-0.2, -0.15) is 0 Å². The largest absolute Gasteiger partial charge is 0.372 e. The Hall–Kier alpha value is -1.10. The predicted molar refractivity (Wildman–Crippen MR) is 89.4 cm³/mol. The van der Waals surface area contributed by atoms with Crippen LogP contribution < -0.4 is 5.32 Å². The van der Waals surface area contributed by atoms with Crippen LogP contribution in [0.2, 0.25) is 0 Å². The van der Waals surface area contributed by atoms with Gasteiger partial charge in [0.2, 0.25) is 0 Å². The molecule has 0 bridgehead atoms. The summed E-state index contributed by atoms with van der Waals surface area (Å²) >= 11 is 0. The minimum Gasteiger partial charge on any atom is -0.372 e. The topological polar surface area (TPSA) is 41.6 Å². The van der Waals surface area contributed by atoms with E-state index in [2.05, 4.69) is 17.1 Å². The van der Waals surface area contributed by atoms with E-state index in [1.807, 2.05) is 18.2 Å². The highest BCUT2D eigenvalue weighted by Gasteiger charge is 2.26. The zero-order chi connectivity index (χ0) is 14.7. The standard InChI is InChI=1S/C17H24N2O2.ClH/c1-2-9-19(16-5-7-18-8-6-16)17(20)13-3-4-14-11-21-12-15(14)10-13;/h3-4,10,16,18H,2,5-9,11-12H2,1H3;1H. The number of benzene rings is 1. The van der Waals surface area contributed by atoms with E-state index in [1.54, 1.807) is 0 Å². The van der Waals surface area contributed by atoms with Gasteiger partial charge in [-0.25, -0.2) is 0 Å². The van der Waals surface area contributed by atoms with Gasteiger partial charge in [0.15, 0.2) is 0 Å². The average Bonchev–Trinajstić information content (AvgIpc) is 3.00. The fourth-order valence-corrected chi connectivity index (χ4v) is 3.28. The van der Waals surface area contributed by atoms with Gasteiger partial charge < -0.3 is 15.0 Å². The third-order valence-corrected chi connectivity index (χ3v) is 4.44. The maximum Gasteiger partial charge on any atom is 0.254 e. The highest BCUT2D eigenvalue weighted by atomic mass is 35.5. The van der Waals surface area contributed by atoms with Crippen molar-refractivity contribution in [1.29, 1.82) is 0 Å². The quantitative estimate of drug-likeness (QED) is 0.926. The molecule has 0 aliphatic carbocycles. The summed E-state index contributed by atoms with van der Waals surface area (Å²) in [5.41, 5.74) is 3.20. The Kier molecular flexibility index (Phi) is 6.24. The molecule has 0 radical (unpaired) electrons. The number of carbonyl (C=O) groups excluding carboxylic acids is 1. The molecular weight excluding hydrogens is 300 g/mol. The Balaban J connectivity index is 0.00000176. The second-order valence-electron chi connectivity index (χ2n) is 5.96. The summed E-state index contributed by atoms with van der Waals surface area (Å²) in [6, 6.07) is 6.40. The number of hydrogen-bond donors (Lipinski definition) is 1. The number of nitrogens with zero attached hydrogens (tertiary/aromatic N) is 1. The van der Waals surface area contributed by atoms with Gasteiger partial charge in [0.1, 0.15) is 0 Å². The van der Waals surface area contributed by atoms with Crippen molar-refractivity contribution >= 4 is 18.3 Å². The zero-order valence-electron chi connectivity index (χ0n) is 13.1. The van der Waals surface area contributed by atoms with Crippen LogP contribution in [0.3, 0.4) is 0 Å². The van der Waals surface area contributed by atoms with E-state index < -0.39 is 0 Å². The van der Waals surface area contributed by atoms with Gasteiger partial charge in [-0.15, -0.1) is 12.4 Å². The minimum atomic E-state index is 0. The summed E-state index contributed by atoms with van der Waals surface area (Å²) in [5, 5.41) is 3.37. The van der Waals surface area contributed by atoms with Crippen molar-refractivity contribution in [3.05, 3.63) is 34.9 Å². The second kappa shape index (κ2) is 7.95. The van der Waals surface area contributed by atoms with Crippen molar-refractivity contribution in [3.8, 4) is 0 Å². The van der Waals surface area contributed by atoms with Crippen LogP contribution in [0.15, 0.2) is 18.2 Å². The SMILES string of the molecule is CCCN(C(=O)c1ccc2c(c1)COC2)C1CCNCC1.Cl. The van der Waals surface area contributed by atoms with Crippen LogP contribution in [0.4, 0.5) is 0 Å². The van der Waals surface area contributed by atoms with Gasteiger partial charge in [-0.3, -0.25) is 4.79 Å². The van der Waals surface area contributed by atoms with Crippen LogP contribution in [0.5, 0.6) is 0 Å². The van der Waals surface area contributed by atoms with Crippen LogP contribution >= 0.6 is 12.4 Å². The van der Waals surface area contributed by atoms with Crippen molar-refractivity contribution in [2.45, 2.75) is 45.4 Å². The van der Waals surface area contributed by atoms with E-state index in [-0.39, 0.29) is 18.3 Å². The average molecular weight is 325 g/mol. The van der Waals surface area contributed by atoms with Crippen LogP contribution in [-0.2, 0) is 18.0 Å². The maximum absolute atomic E-state index is 12.9. The third-order valence-electron chi connectivity index (χ3n) is 4.44. The molecule has 2 aliphatic rings. The number of nitrogens with one attached hydrogen (secondary N) is 1. The Morgan fingerprint density at radius 1 is 1.27 bits per heavy atom. The highest BCUT2D eigenvalue weighted by molar-refractivity contribution is 5.94. The van der Waals surface area contributed by atoms with Crippen molar-refractivity contribution in [3.63, 3.8) is 0 Å². The summed E-state index contributed by atoms with van der Waals surface area (Å²) in [5.74, 6) is 0.179. The van der Waals surface area contributed by atoms with E-state index in [4.69, 9.17) is 4.74 Å². The third kappa shape index (κ3) is 3.62. The molecule has 0 spiro atoms. The molecule has 0 aromatic heterocycles. The summed E-state index contributed by atoms with van der Waals surface area (Å²) in [7, 11) is 0. The van der Waals surface area contributed by atoms with Gasteiger partial charge in [0.25, 0.3) is 5.91 Å². The zero-order valence-corrected chi connectivity index (χ0v) is 14.0. The molecule has 122 valence electrons. The molecule has 1 amide bonds. The molecular formula is C17H25ClN2O2. The van der Waals surface area contributed by atoms with E-state index in [1.165, 1.54) is 11.1 Å². The molecule has 0 unspecified atom stereocenters. The highest BCUT2D eigenvalue weighted by Crippen LogP contribution is 2.23. The van der Waals surface area contributed by atoms with Crippen molar-refractivity contribution in [2.75, 3.05) is 19.6 Å². The number of fused-ring (bicyclic) bond motifs is 1. The van der Waals surface area contributed by atoms with Crippen molar-refractivity contribution in [2.24, 2.45) is 0 Å². The Bertz CT molecular complexity index is 515. The summed E-state index contributed by atoms with van der Waals surface area (Å²) in [6.07, 6.45) is 3.11. The maximum atomic E-state index is 12.9. The van der Waals surface area contributed by atoms with E-state index in [0.717, 1.165) is 44.5 Å². The molecule has 2 aliphatic heterocycles. The molecule has 1 aromatic rings. The summed E-state index contributed by atoms with van der Waals surface area (Å²) < 4.78 is 5.44. The Morgan fingerprint density at radius 2 is 2.00 bits per heavy atom. The molecule has 0 saturated carbocycles. The first-order valence-electron chi connectivity index (χ1n) is 8.01. The lowest BCUT2D eigenvalue weighted by Gasteiger charge is -2.34. The van der Waals surface area contributed by atoms with Crippen LogP contribution in [0.25, 0.3) is 0 Å². The van der Waals surface area contributed by atoms with Gasteiger partial charge in [-0.05, 0) is 55.6 Å². The van der Waals surface area contributed by atoms with Crippen molar-refractivity contribution < 1.29 is 9.53 Å². The molecule has 1 N–H and O–H groups in total. The number of halogens is 1. The smallest absolute Gasteiger partial charge is 0.254 e. The number of hydrogen-bond acceptors (Lipinski definition) is 3. The molecule has 3 rings (SSSR count). The molecule has 4 nitrogen and oxygen atoms in total. The molecule has 1 aromatic carbocycles. The predicted octanol–water partition coefficient (Wildman–Crippen LogP) is 2.74. The summed E-state index contributed by atoms with van der Waals surface area (Å²) in [4.78, 5) is 15.0. The number of rotatable bonds is 4. The molecule has 1 saturated heterocycles.